The maximum Gasteiger partial charge on any atom is 0.0485 e. The summed E-state index contributed by atoms with van der Waals surface area (Å²) in [5.74, 6) is 10.6. The third-order valence-electron chi connectivity index (χ3n) is 2.44. The first-order valence-electron chi connectivity index (χ1n) is 4.97. The summed E-state index contributed by atoms with van der Waals surface area (Å²) < 4.78 is 0. The van der Waals surface area contributed by atoms with E-state index >= 15 is 0 Å². The number of hydrazine groups is 2. The van der Waals surface area contributed by atoms with E-state index in [4.69, 9.17) is 11.7 Å². The van der Waals surface area contributed by atoms with Crippen LogP contribution in [-0.4, -0.2) is 0 Å². The Hall–Kier alpha value is -1.53. The van der Waals surface area contributed by atoms with Crippen LogP contribution in [0.15, 0.2) is 48.5 Å². The zero-order valence-corrected chi connectivity index (χ0v) is 10.1. The molecule has 0 fully saturated rings. The summed E-state index contributed by atoms with van der Waals surface area (Å²) in [4.78, 5) is 0. The van der Waals surface area contributed by atoms with Gasteiger partial charge in [0.25, 0.3) is 0 Å². The molecule has 6 N–H and O–H groups in total. The summed E-state index contributed by atoms with van der Waals surface area (Å²) in [7, 11) is 0. The molecule has 5 heteroatoms. The van der Waals surface area contributed by atoms with Gasteiger partial charge < -0.3 is 10.9 Å². The molecule has 2 aromatic carbocycles. The van der Waals surface area contributed by atoms with E-state index in [-0.39, 0.29) is 16.8 Å². The predicted octanol–water partition coefficient (Wildman–Crippen LogP) is 1.92. The van der Waals surface area contributed by atoms with Crippen LogP contribution in [0.5, 0.6) is 0 Å². The van der Waals surface area contributed by atoms with E-state index in [2.05, 4.69) is 10.9 Å². The molecule has 4 nitrogen and oxygen atoms in total. The van der Waals surface area contributed by atoms with Crippen molar-refractivity contribution in [2.75, 3.05) is 10.9 Å². The molecule has 0 aromatic heterocycles. The van der Waals surface area contributed by atoms with Gasteiger partial charge >= 0.3 is 0 Å². The Morgan fingerprint density at radius 3 is 1.12 bits per heavy atom. The second-order valence-corrected chi connectivity index (χ2v) is 3.44. The number of nitrogen functional groups attached to an aromatic ring is 2. The molecule has 0 unspecified atom stereocenters. The van der Waals surface area contributed by atoms with Crippen LogP contribution < -0.4 is 22.5 Å². The Morgan fingerprint density at radius 2 is 0.882 bits per heavy atom. The van der Waals surface area contributed by atoms with E-state index in [1.54, 1.807) is 0 Å². The van der Waals surface area contributed by atoms with E-state index in [9.17, 15) is 0 Å². The molecule has 91 valence electrons. The molecule has 0 atom stereocenters. The molecule has 17 heavy (non-hydrogen) atoms. The van der Waals surface area contributed by atoms with Gasteiger partial charge in [-0.25, -0.2) is 0 Å². The molecule has 0 bridgehead atoms. The van der Waals surface area contributed by atoms with Crippen molar-refractivity contribution in [3.63, 3.8) is 0 Å². The summed E-state index contributed by atoms with van der Waals surface area (Å²) in [6, 6.07) is 15.8. The first kappa shape index (κ1) is 13.5. The largest absolute Gasteiger partial charge is 0.324 e. The molecular weight excluding hydrogens is 259 g/mol. The molecule has 0 amide bonds. The zero-order chi connectivity index (χ0) is 11.4. The maximum absolute atomic E-state index is 5.30. The number of rotatable bonds is 3. The fraction of sp³-hybridized carbons (Fsp3) is 0. The van der Waals surface area contributed by atoms with Crippen molar-refractivity contribution in [3.05, 3.63) is 48.5 Å². The molecule has 1 radical (unpaired) electrons. The first-order valence-corrected chi connectivity index (χ1v) is 4.97. The number of hydrogen-bond acceptors (Lipinski definition) is 4. The Kier molecular flexibility index (Phi) is 4.99. The van der Waals surface area contributed by atoms with Crippen molar-refractivity contribution in [2.45, 2.75) is 0 Å². The average Bonchev–Trinajstić information content (AvgIpc) is 2.39. The monoisotopic (exact) mass is 273 g/mol. The quantitative estimate of drug-likeness (QED) is 0.509. The van der Waals surface area contributed by atoms with Gasteiger partial charge in [0.1, 0.15) is 0 Å². The minimum atomic E-state index is 0. The third-order valence-corrected chi connectivity index (χ3v) is 2.44. The van der Waals surface area contributed by atoms with Gasteiger partial charge in [-0.2, -0.15) is 0 Å². The fourth-order valence-corrected chi connectivity index (χ4v) is 1.52. The number of anilines is 2. The van der Waals surface area contributed by atoms with Crippen molar-refractivity contribution in [2.24, 2.45) is 11.7 Å². The third kappa shape index (κ3) is 3.21. The summed E-state index contributed by atoms with van der Waals surface area (Å²) in [5.41, 5.74) is 9.26. The summed E-state index contributed by atoms with van der Waals surface area (Å²) >= 11 is 0. The molecule has 0 spiro atoms. The summed E-state index contributed by atoms with van der Waals surface area (Å²) in [6.45, 7) is 0. The molecule has 0 saturated heterocycles. The maximum atomic E-state index is 5.30. The standard InChI is InChI=1S/C12H14N4.Co/c13-15-11-5-1-9(2-6-11)10-3-7-12(16-14)8-4-10;/h1-8,15-16H,13-14H2;. The van der Waals surface area contributed by atoms with E-state index in [0.717, 1.165) is 22.5 Å². The number of nitrogens with one attached hydrogen (secondary N) is 2. The van der Waals surface area contributed by atoms with Crippen LogP contribution in [0.3, 0.4) is 0 Å². The van der Waals surface area contributed by atoms with Gasteiger partial charge in [-0.3, -0.25) is 11.7 Å². The SMILES string of the molecule is NNc1ccc(-c2ccc(NN)cc2)cc1.[Co]. The van der Waals surface area contributed by atoms with Crippen LogP contribution >= 0.6 is 0 Å². The van der Waals surface area contributed by atoms with Gasteiger partial charge in [0, 0.05) is 28.2 Å². The van der Waals surface area contributed by atoms with Crippen molar-refractivity contribution >= 4 is 11.4 Å². The summed E-state index contributed by atoms with van der Waals surface area (Å²) in [5, 5.41) is 0. The minimum absolute atomic E-state index is 0. The van der Waals surface area contributed by atoms with E-state index in [0.29, 0.717) is 0 Å². The second-order valence-electron chi connectivity index (χ2n) is 3.44. The second kappa shape index (κ2) is 6.26. The normalized spacial score (nSPS) is 9.29. The van der Waals surface area contributed by atoms with Crippen LogP contribution in [0, 0.1) is 0 Å². The number of hydrogen-bond donors (Lipinski definition) is 4. The van der Waals surface area contributed by atoms with Crippen LogP contribution in [0.25, 0.3) is 11.1 Å². The predicted molar refractivity (Wildman–Crippen MR) is 67.5 cm³/mol. The van der Waals surface area contributed by atoms with Gasteiger partial charge in [0.05, 0.1) is 0 Å². The van der Waals surface area contributed by atoms with Crippen LogP contribution in [0.4, 0.5) is 11.4 Å². The van der Waals surface area contributed by atoms with Gasteiger partial charge in [0.15, 0.2) is 0 Å². The molecule has 0 saturated carbocycles. The van der Waals surface area contributed by atoms with Crippen molar-refractivity contribution in [1.82, 2.24) is 0 Å². The van der Waals surface area contributed by atoms with Gasteiger partial charge in [-0.05, 0) is 35.4 Å². The van der Waals surface area contributed by atoms with Gasteiger partial charge in [-0.15, -0.1) is 0 Å². The van der Waals surface area contributed by atoms with Crippen LogP contribution in [0.1, 0.15) is 0 Å². The van der Waals surface area contributed by atoms with Gasteiger partial charge in [0.2, 0.25) is 0 Å². The van der Waals surface area contributed by atoms with Crippen molar-refractivity contribution in [1.29, 1.82) is 0 Å². The smallest absolute Gasteiger partial charge is 0.0485 e. The van der Waals surface area contributed by atoms with Gasteiger partial charge in [-0.1, -0.05) is 24.3 Å². The Bertz CT molecular complexity index is 407. The van der Waals surface area contributed by atoms with Crippen LogP contribution in [-0.2, 0) is 16.8 Å². The molecule has 0 aliphatic heterocycles. The van der Waals surface area contributed by atoms with Crippen molar-refractivity contribution < 1.29 is 16.8 Å². The molecule has 2 rings (SSSR count). The number of nitrogens with two attached hydrogens (primary N) is 2. The molecule has 0 heterocycles. The Morgan fingerprint density at radius 1 is 0.588 bits per heavy atom. The Labute approximate surface area is 111 Å². The van der Waals surface area contributed by atoms with Crippen LogP contribution in [0.2, 0.25) is 0 Å². The Balaban J connectivity index is 0.00000144. The molecule has 2 aromatic rings. The van der Waals surface area contributed by atoms with E-state index in [1.807, 2.05) is 48.5 Å². The zero-order valence-electron chi connectivity index (χ0n) is 9.11. The summed E-state index contributed by atoms with van der Waals surface area (Å²) in [6.07, 6.45) is 0. The average molecular weight is 273 g/mol. The molecule has 0 aliphatic carbocycles. The number of benzene rings is 2. The fourth-order valence-electron chi connectivity index (χ4n) is 1.52. The topological polar surface area (TPSA) is 76.1 Å². The first-order chi connectivity index (χ1) is 7.83. The molecular formula is C12H14CoN4. The minimum Gasteiger partial charge on any atom is -0.324 e. The molecule has 0 aliphatic rings. The van der Waals surface area contributed by atoms with E-state index in [1.165, 1.54) is 0 Å². The van der Waals surface area contributed by atoms with E-state index < -0.39 is 0 Å². The van der Waals surface area contributed by atoms with Crippen molar-refractivity contribution in [3.8, 4) is 11.1 Å².